The van der Waals surface area contributed by atoms with Gasteiger partial charge in [0, 0.05) is 11.6 Å². The van der Waals surface area contributed by atoms with E-state index in [1.807, 2.05) is 18.2 Å². The Labute approximate surface area is 141 Å². The molecule has 0 bridgehead atoms. The van der Waals surface area contributed by atoms with Crippen LogP contribution < -0.4 is 4.74 Å². The second-order valence-corrected chi connectivity index (χ2v) is 7.77. The van der Waals surface area contributed by atoms with Crippen LogP contribution in [0.2, 0.25) is 5.02 Å². The first-order valence-electron chi connectivity index (χ1n) is 7.44. The number of hydrogen-bond donors (Lipinski definition) is 0. The zero-order valence-corrected chi connectivity index (χ0v) is 14.3. The molecule has 0 N–H and O–H groups in total. The first-order chi connectivity index (χ1) is 11.0. The van der Waals surface area contributed by atoms with Gasteiger partial charge < -0.3 is 4.74 Å². The minimum absolute atomic E-state index is 0.212. The van der Waals surface area contributed by atoms with Gasteiger partial charge in [-0.15, -0.1) is 0 Å². The van der Waals surface area contributed by atoms with Crippen LogP contribution in [0.4, 0.5) is 0 Å². The Morgan fingerprint density at radius 2 is 1.83 bits per heavy atom. The SMILES string of the molecule is COc1ccc(S(=O)(=O)N2CCC[C@@H]2c2ccccc2Cl)cc1. The Morgan fingerprint density at radius 1 is 1.13 bits per heavy atom. The highest BCUT2D eigenvalue weighted by molar-refractivity contribution is 7.89. The standard InChI is InChI=1S/C17H18ClNO3S/c1-22-13-8-10-14(11-9-13)23(20,21)19-12-4-7-17(19)15-5-2-3-6-16(15)18/h2-3,5-6,8-11,17H,4,7,12H2,1H3/t17-/m1/s1. The van der Waals surface area contributed by atoms with Crippen LogP contribution >= 0.6 is 11.6 Å². The van der Waals surface area contributed by atoms with Gasteiger partial charge in [-0.25, -0.2) is 8.42 Å². The molecule has 0 saturated carbocycles. The smallest absolute Gasteiger partial charge is 0.243 e. The number of nitrogens with zero attached hydrogens (tertiary/aromatic N) is 1. The summed E-state index contributed by atoms with van der Waals surface area (Å²) in [6.45, 7) is 0.504. The lowest BCUT2D eigenvalue weighted by Gasteiger charge is -2.25. The highest BCUT2D eigenvalue weighted by Crippen LogP contribution is 2.39. The summed E-state index contributed by atoms with van der Waals surface area (Å²) in [6, 6.07) is 13.7. The molecule has 4 nitrogen and oxygen atoms in total. The maximum Gasteiger partial charge on any atom is 0.243 e. The Balaban J connectivity index is 1.96. The minimum atomic E-state index is -3.56. The molecule has 0 radical (unpaired) electrons. The predicted octanol–water partition coefficient (Wildman–Crippen LogP) is 3.87. The van der Waals surface area contributed by atoms with E-state index in [0.717, 1.165) is 18.4 Å². The predicted molar refractivity (Wildman–Crippen MR) is 90.3 cm³/mol. The van der Waals surface area contributed by atoms with Crippen molar-refractivity contribution in [1.82, 2.24) is 4.31 Å². The molecule has 1 aliphatic heterocycles. The summed E-state index contributed by atoms with van der Waals surface area (Å²) in [7, 11) is -2.01. The van der Waals surface area contributed by atoms with Crippen LogP contribution in [0.3, 0.4) is 0 Å². The van der Waals surface area contributed by atoms with E-state index in [9.17, 15) is 8.42 Å². The largest absolute Gasteiger partial charge is 0.497 e. The van der Waals surface area contributed by atoms with Crippen LogP contribution in [0.15, 0.2) is 53.4 Å². The van der Waals surface area contributed by atoms with Crippen molar-refractivity contribution >= 4 is 21.6 Å². The molecule has 0 aromatic heterocycles. The number of ether oxygens (including phenoxy) is 1. The summed E-state index contributed by atoms with van der Waals surface area (Å²) >= 11 is 6.27. The van der Waals surface area contributed by atoms with E-state index < -0.39 is 10.0 Å². The Morgan fingerprint density at radius 3 is 2.48 bits per heavy atom. The van der Waals surface area contributed by atoms with Crippen molar-refractivity contribution in [3.05, 3.63) is 59.1 Å². The van der Waals surface area contributed by atoms with Gasteiger partial charge >= 0.3 is 0 Å². The minimum Gasteiger partial charge on any atom is -0.497 e. The fourth-order valence-corrected chi connectivity index (χ4v) is 4.90. The van der Waals surface area contributed by atoms with Crippen molar-refractivity contribution in [3.8, 4) is 5.75 Å². The van der Waals surface area contributed by atoms with E-state index in [1.165, 1.54) is 0 Å². The molecule has 1 heterocycles. The zero-order valence-electron chi connectivity index (χ0n) is 12.8. The third kappa shape index (κ3) is 3.09. The van der Waals surface area contributed by atoms with Crippen molar-refractivity contribution in [2.45, 2.75) is 23.8 Å². The molecule has 0 spiro atoms. The molecule has 6 heteroatoms. The number of hydrogen-bond acceptors (Lipinski definition) is 3. The van der Waals surface area contributed by atoms with Gasteiger partial charge in [0.05, 0.1) is 18.0 Å². The third-order valence-corrected chi connectivity index (χ3v) is 6.40. The van der Waals surface area contributed by atoms with Crippen LogP contribution in [-0.4, -0.2) is 26.4 Å². The molecular weight excluding hydrogens is 334 g/mol. The summed E-state index contributed by atoms with van der Waals surface area (Å²) < 4.78 is 32.6. The average molecular weight is 352 g/mol. The van der Waals surface area contributed by atoms with Crippen LogP contribution in [0.25, 0.3) is 0 Å². The highest BCUT2D eigenvalue weighted by atomic mass is 35.5. The second kappa shape index (κ2) is 6.51. The van der Waals surface area contributed by atoms with E-state index in [-0.39, 0.29) is 10.9 Å². The Bertz CT molecular complexity index is 790. The van der Waals surface area contributed by atoms with Gasteiger partial charge in [-0.2, -0.15) is 4.31 Å². The molecular formula is C17H18ClNO3S. The third-order valence-electron chi connectivity index (χ3n) is 4.13. The molecule has 2 aromatic rings. The van der Waals surface area contributed by atoms with Crippen LogP contribution in [0.1, 0.15) is 24.4 Å². The Kier molecular flexibility index (Phi) is 4.62. The van der Waals surface area contributed by atoms with E-state index >= 15 is 0 Å². The molecule has 1 fully saturated rings. The van der Waals surface area contributed by atoms with E-state index in [4.69, 9.17) is 16.3 Å². The molecule has 1 atom stereocenters. The molecule has 1 aliphatic rings. The van der Waals surface area contributed by atoms with Crippen molar-refractivity contribution in [2.24, 2.45) is 0 Å². The van der Waals surface area contributed by atoms with Gasteiger partial charge in [0.15, 0.2) is 0 Å². The molecule has 1 saturated heterocycles. The molecule has 2 aromatic carbocycles. The second-order valence-electron chi connectivity index (χ2n) is 5.47. The number of methoxy groups -OCH3 is 1. The lowest BCUT2D eigenvalue weighted by molar-refractivity contribution is 0.396. The van der Waals surface area contributed by atoms with Crippen LogP contribution in [0, 0.1) is 0 Å². The topological polar surface area (TPSA) is 46.6 Å². The molecule has 3 rings (SSSR count). The van der Waals surface area contributed by atoms with Crippen molar-refractivity contribution in [3.63, 3.8) is 0 Å². The quantitative estimate of drug-likeness (QED) is 0.839. The van der Waals surface area contributed by atoms with Gasteiger partial charge in [-0.1, -0.05) is 29.8 Å². The van der Waals surface area contributed by atoms with Crippen LogP contribution in [-0.2, 0) is 10.0 Å². The molecule has 0 aliphatic carbocycles. The van der Waals surface area contributed by atoms with Gasteiger partial charge in [0.25, 0.3) is 0 Å². The summed E-state index contributed by atoms with van der Waals surface area (Å²) in [4.78, 5) is 0.275. The first kappa shape index (κ1) is 16.3. The molecule has 23 heavy (non-hydrogen) atoms. The van der Waals surface area contributed by atoms with Crippen molar-refractivity contribution < 1.29 is 13.2 Å². The highest BCUT2D eigenvalue weighted by Gasteiger charge is 2.36. The van der Waals surface area contributed by atoms with E-state index in [2.05, 4.69) is 0 Å². The lowest BCUT2D eigenvalue weighted by Crippen LogP contribution is -2.30. The average Bonchev–Trinajstić information content (AvgIpc) is 3.05. The number of benzene rings is 2. The fraction of sp³-hybridized carbons (Fsp3) is 0.294. The Hall–Kier alpha value is -1.56. The van der Waals surface area contributed by atoms with Crippen molar-refractivity contribution in [2.75, 3.05) is 13.7 Å². The maximum atomic E-state index is 13.0. The summed E-state index contributed by atoms with van der Waals surface area (Å²) in [6.07, 6.45) is 1.60. The number of sulfonamides is 1. The monoisotopic (exact) mass is 351 g/mol. The van der Waals surface area contributed by atoms with E-state index in [0.29, 0.717) is 17.3 Å². The first-order valence-corrected chi connectivity index (χ1v) is 9.26. The summed E-state index contributed by atoms with van der Waals surface area (Å²) in [5, 5.41) is 0.606. The van der Waals surface area contributed by atoms with Gasteiger partial charge in [0.1, 0.15) is 5.75 Å². The van der Waals surface area contributed by atoms with Gasteiger partial charge in [-0.05, 0) is 48.7 Å². The van der Waals surface area contributed by atoms with E-state index in [1.54, 1.807) is 41.7 Å². The summed E-state index contributed by atoms with van der Waals surface area (Å²) in [5.74, 6) is 0.632. The van der Waals surface area contributed by atoms with Crippen LogP contribution in [0.5, 0.6) is 5.75 Å². The van der Waals surface area contributed by atoms with Crippen molar-refractivity contribution in [1.29, 1.82) is 0 Å². The maximum absolute atomic E-state index is 13.0. The number of halogens is 1. The number of rotatable bonds is 4. The summed E-state index contributed by atoms with van der Waals surface area (Å²) in [5.41, 5.74) is 0.865. The van der Waals surface area contributed by atoms with Gasteiger partial charge in [0.2, 0.25) is 10.0 Å². The van der Waals surface area contributed by atoms with Gasteiger partial charge in [-0.3, -0.25) is 0 Å². The molecule has 122 valence electrons. The lowest BCUT2D eigenvalue weighted by atomic mass is 10.1. The molecule has 0 amide bonds. The fourth-order valence-electron chi connectivity index (χ4n) is 2.97. The normalized spacial score (nSPS) is 19.0. The zero-order chi connectivity index (χ0) is 16.4. The molecule has 0 unspecified atom stereocenters.